The van der Waals surface area contributed by atoms with Crippen LogP contribution >= 0.6 is 11.3 Å². The molecule has 0 saturated carbocycles. The van der Waals surface area contributed by atoms with Crippen LogP contribution in [0.4, 0.5) is 0 Å². The van der Waals surface area contributed by atoms with Crippen molar-refractivity contribution in [3.8, 4) is 5.75 Å². The van der Waals surface area contributed by atoms with Crippen LogP contribution in [0.25, 0.3) is 16.2 Å². The second-order valence-corrected chi connectivity index (χ2v) is 6.03. The summed E-state index contributed by atoms with van der Waals surface area (Å²) in [6.45, 7) is 1.47. The van der Waals surface area contributed by atoms with Gasteiger partial charge in [-0.25, -0.2) is 4.79 Å². The van der Waals surface area contributed by atoms with Crippen LogP contribution in [-0.2, 0) is 4.79 Å². The van der Waals surface area contributed by atoms with Crippen molar-refractivity contribution in [2.75, 3.05) is 0 Å². The van der Waals surface area contributed by atoms with E-state index in [9.17, 15) is 9.59 Å². The van der Waals surface area contributed by atoms with E-state index < -0.39 is 5.97 Å². The van der Waals surface area contributed by atoms with Gasteiger partial charge < -0.3 is 4.74 Å². The van der Waals surface area contributed by atoms with Gasteiger partial charge >= 0.3 is 5.97 Å². The van der Waals surface area contributed by atoms with Gasteiger partial charge in [-0.05, 0) is 23.8 Å². The van der Waals surface area contributed by atoms with Gasteiger partial charge in [0, 0.05) is 23.1 Å². The number of hydrogen-bond acceptors (Lipinski definition) is 4. The van der Waals surface area contributed by atoms with E-state index in [2.05, 4.69) is 0 Å². The maximum Gasteiger partial charge on any atom is 0.336 e. The van der Waals surface area contributed by atoms with Crippen molar-refractivity contribution in [3.63, 3.8) is 0 Å². The molecule has 0 aliphatic rings. The number of ether oxygens (including phenoxy) is 1. The number of fused-ring (bicyclic) bond motifs is 1. The fraction of sp³-hybridized carbons (Fsp3) is 0.0526. The average Bonchev–Trinajstić information content (AvgIpc) is 2.93. The predicted molar refractivity (Wildman–Crippen MR) is 92.9 cm³/mol. The number of carbonyl (C=O) groups excluding carboxylic acids is 2. The Hall–Kier alpha value is -2.72. The van der Waals surface area contributed by atoms with E-state index in [1.54, 1.807) is 6.08 Å². The quantitative estimate of drug-likeness (QED) is 0.396. The molecule has 3 aromatic rings. The van der Waals surface area contributed by atoms with Crippen molar-refractivity contribution in [1.82, 2.24) is 0 Å². The molecule has 0 unspecified atom stereocenters. The van der Waals surface area contributed by atoms with Crippen molar-refractivity contribution in [2.24, 2.45) is 0 Å². The molecule has 114 valence electrons. The second kappa shape index (κ2) is 6.58. The van der Waals surface area contributed by atoms with Gasteiger partial charge in [0.15, 0.2) is 11.5 Å². The van der Waals surface area contributed by atoms with Crippen molar-refractivity contribution in [1.29, 1.82) is 0 Å². The monoisotopic (exact) mass is 322 g/mol. The van der Waals surface area contributed by atoms with E-state index in [0.29, 0.717) is 10.6 Å². The van der Waals surface area contributed by atoms with E-state index in [1.807, 2.05) is 54.6 Å². The van der Waals surface area contributed by atoms with E-state index in [4.69, 9.17) is 4.74 Å². The summed E-state index contributed by atoms with van der Waals surface area (Å²) in [6.07, 6.45) is 3.05. The molecule has 0 bridgehead atoms. The number of rotatable bonds is 4. The number of thiophene rings is 1. The first-order valence-electron chi connectivity index (χ1n) is 7.12. The average molecular weight is 322 g/mol. The summed E-state index contributed by atoms with van der Waals surface area (Å²) in [4.78, 5) is 24.3. The van der Waals surface area contributed by atoms with Crippen molar-refractivity contribution in [3.05, 3.63) is 71.1 Å². The third-order valence-corrected chi connectivity index (χ3v) is 4.54. The molecular formula is C19H14O3S. The maximum absolute atomic E-state index is 12.1. The molecule has 0 fully saturated rings. The summed E-state index contributed by atoms with van der Waals surface area (Å²) in [7, 11) is 0. The summed E-state index contributed by atoms with van der Waals surface area (Å²) < 4.78 is 6.37. The number of hydrogen-bond donors (Lipinski definition) is 0. The standard InChI is InChI=1S/C19H14O3S/c1-13(20)19-18(15-9-5-6-10-16(15)23-19)22-17(21)12-11-14-7-3-2-4-8-14/h2-12H,1H3. The van der Waals surface area contributed by atoms with Crippen LogP contribution in [-0.4, -0.2) is 11.8 Å². The highest BCUT2D eigenvalue weighted by Crippen LogP contribution is 2.38. The zero-order valence-electron chi connectivity index (χ0n) is 12.5. The number of Topliss-reactive ketones (excluding diaryl/α,β-unsaturated/α-hetero) is 1. The largest absolute Gasteiger partial charge is 0.421 e. The molecule has 23 heavy (non-hydrogen) atoms. The van der Waals surface area contributed by atoms with Crippen LogP contribution in [0.3, 0.4) is 0 Å². The lowest BCUT2D eigenvalue weighted by atomic mass is 10.2. The highest BCUT2D eigenvalue weighted by Gasteiger charge is 2.18. The first kappa shape index (κ1) is 15.2. The van der Waals surface area contributed by atoms with E-state index in [-0.39, 0.29) is 5.78 Å². The Morgan fingerprint density at radius 3 is 2.43 bits per heavy atom. The molecule has 1 heterocycles. The lowest BCUT2D eigenvalue weighted by molar-refractivity contribution is -0.128. The lowest BCUT2D eigenvalue weighted by Crippen LogP contribution is -2.05. The molecule has 0 aliphatic heterocycles. The molecule has 0 atom stereocenters. The SMILES string of the molecule is CC(=O)c1sc2ccccc2c1OC(=O)C=Cc1ccccc1. The topological polar surface area (TPSA) is 43.4 Å². The van der Waals surface area contributed by atoms with Gasteiger partial charge in [-0.15, -0.1) is 11.3 Å². The van der Waals surface area contributed by atoms with Crippen LogP contribution in [0.2, 0.25) is 0 Å². The van der Waals surface area contributed by atoms with Gasteiger partial charge in [0.05, 0.1) is 0 Å². The number of esters is 1. The predicted octanol–water partition coefficient (Wildman–Crippen LogP) is 4.72. The maximum atomic E-state index is 12.1. The second-order valence-electron chi connectivity index (χ2n) is 4.98. The highest BCUT2D eigenvalue weighted by atomic mass is 32.1. The van der Waals surface area contributed by atoms with Crippen LogP contribution in [0.15, 0.2) is 60.7 Å². The molecule has 4 heteroatoms. The molecule has 0 spiro atoms. The zero-order valence-corrected chi connectivity index (χ0v) is 13.3. The molecule has 0 radical (unpaired) electrons. The molecule has 0 aliphatic carbocycles. The van der Waals surface area contributed by atoms with Gasteiger partial charge in [-0.2, -0.15) is 0 Å². The Labute approximate surface area is 137 Å². The molecule has 2 aromatic carbocycles. The van der Waals surface area contributed by atoms with E-state index >= 15 is 0 Å². The molecule has 3 rings (SSSR count). The van der Waals surface area contributed by atoms with Gasteiger partial charge in [-0.1, -0.05) is 42.5 Å². The van der Waals surface area contributed by atoms with E-state index in [1.165, 1.54) is 24.3 Å². The summed E-state index contributed by atoms with van der Waals surface area (Å²) >= 11 is 1.34. The third-order valence-electron chi connectivity index (χ3n) is 3.28. The zero-order chi connectivity index (χ0) is 16.2. The van der Waals surface area contributed by atoms with Gasteiger partial charge in [0.25, 0.3) is 0 Å². The fourth-order valence-corrected chi connectivity index (χ4v) is 3.24. The van der Waals surface area contributed by atoms with Crippen molar-refractivity contribution in [2.45, 2.75) is 6.92 Å². The molecule has 1 aromatic heterocycles. The summed E-state index contributed by atoms with van der Waals surface area (Å²) in [6, 6.07) is 17.0. The fourth-order valence-electron chi connectivity index (χ4n) is 2.22. The van der Waals surface area contributed by atoms with Gasteiger partial charge in [-0.3, -0.25) is 4.79 Å². The molecule has 0 saturated heterocycles. The lowest BCUT2D eigenvalue weighted by Gasteiger charge is -2.02. The number of ketones is 1. The van der Waals surface area contributed by atoms with Crippen LogP contribution in [0.1, 0.15) is 22.2 Å². The van der Waals surface area contributed by atoms with E-state index in [0.717, 1.165) is 15.6 Å². The Kier molecular flexibility index (Phi) is 4.35. The molecular weight excluding hydrogens is 308 g/mol. The first-order chi connectivity index (χ1) is 11.1. The van der Waals surface area contributed by atoms with Gasteiger partial charge in [0.2, 0.25) is 0 Å². The minimum atomic E-state index is -0.500. The number of carbonyl (C=O) groups is 2. The minimum Gasteiger partial charge on any atom is -0.421 e. The Balaban J connectivity index is 1.89. The smallest absolute Gasteiger partial charge is 0.336 e. The first-order valence-corrected chi connectivity index (χ1v) is 7.94. The Bertz CT molecular complexity index is 891. The summed E-state index contributed by atoms with van der Waals surface area (Å²) in [5.74, 6) is -0.262. The van der Waals surface area contributed by atoms with Gasteiger partial charge in [0.1, 0.15) is 4.88 Å². The van der Waals surface area contributed by atoms with Crippen molar-refractivity contribution >= 4 is 39.3 Å². The minimum absolute atomic E-state index is 0.110. The Morgan fingerprint density at radius 1 is 1.00 bits per heavy atom. The van der Waals surface area contributed by atoms with Crippen LogP contribution in [0.5, 0.6) is 5.75 Å². The molecule has 3 nitrogen and oxygen atoms in total. The molecule has 0 N–H and O–H groups in total. The molecule has 0 amide bonds. The number of benzene rings is 2. The van der Waals surface area contributed by atoms with Crippen LogP contribution < -0.4 is 4.74 Å². The summed E-state index contributed by atoms with van der Waals surface area (Å²) in [5, 5.41) is 0.782. The van der Waals surface area contributed by atoms with Crippen molar-refractivity contribution < 1.29 is 14.3 Å². The third kappa shape index (κ3) is 3.38. The normalized spacial score (nSPS) is 11.0. The highest BCUT2D eigenvalue weighted by molar-refractivity contribution is 7.21. The summed E-state index contributed by atoms with van der Waals surface area (Å²) in [5.41, 5.74) is 0.909. The van der Waals surface area contributed by atoms with Crippen LogP contribution in [0, 0.1) is 0 Å². The Morgan fingerprint density at radius 2 is 1.70 bits per heavy atom.